The van der Waals surface area contributed by atoms with Crippen LogP contribution < -0.4 is 5.32 Å². The standard InChI is InChI=1S/C18H20FNO/c1-12(2)16-6-4-5-13(3)18(16)20-17(21)11-14-7-9-15(19)10-8-14/h4-10,12H,11H2,1-3H3,(H,20,21). The van der Waals surface area contributed by atoms with Gasteiger partial charge in [-0.1, -0.05) is 44.2 Å². The number of carbonyl (C=O) groups excluding carboxylic acids is 1. The molecule has 2 nitrogen and oxygen atoms in total. The molecule has 0 aliphatic carbocycles. The molecule has 21 heavy (non-hydrogen) atoms. The molecular formula is C18H20FNO. The molecule has 0 saturated heterocycles. The molecule has 0 unspecified atom stereocenters. The summed E-state index contributed by atoms with van der Waals surface area (Å²) in [6.45, 7) is 6.19. The van der Waals surface area contributed by atoms with E-state index in [1.807, 2.05) is 25.1 Å². The number of hydrogen-bond acceptors (Lipinski definition) is 1. The van der Waals surface area contributed by atoms with Gasteiger partial charge in [-0.25, -0.2) is 4.39 Å². The second kappa shape index (κ2) is 6.53. The predicted octanol–water partition coefficient (Wildman–Crippen LogP) is 4.44. The van der Waals surface area contributed by atoms with Crippen molar-refractivity contribution in [2.45, 2.75) is 33.1 Å². The van der Waals surface area contributed by atoms with Crippen LogP contribution in [-0.4, -0.2) is 5.91 Å². The Kier molecular flexibility index (Phi) is 4.73. The van der Waals surface area contributed by atoms with Crippen molar-refractivity contribution in [3.63, 3.8) is 0 Å². The fourth-order valence-corrected chi connectivity index (χ4v) is 2.31. The van der Waals surface area contributed by atoms with E-state index in [0.717, 1.165) is 22.4 Å². The Hall–Kier alpha value is -2.16. The van der Waals surface area contributed by atoms with E-state index in [4.69, 9.17) is 0 Å². The van der Waals surface area contributed by atoms with Gasteiger partial charge in [-0.05, 0) is 41.7 Å². The van der Waals surface area contributed by atoms with Gasteiger partial charge in [0.15, 0.2) is 0 Å². The largest absolute Gasteiger partial charge is 0.325 e. The van der Waals surface area contributed by atoms with Gasteiger partial charge in [-0.3, -0.25) is 4.79 Å². The van der Waals surface area contributed by atoms with E-state index in [1.54, 1.807) is 12.1 Å². The molecule has 1 N–H and O–H groups in total. The lowest BCUT2D eigenvalue weighted by molar-refractivity contribution is -0.115. The number of rotatable bonds is 4. The van der Waals surface area contributed by atoms with Crippen molar-refractivity contribution in [3.05, 3.63) is 65.0 Å². The van der Waals surface area contributed by atoms with Crippen molar-refractivity contribution < 1.29 is 9.18 Å². The number of nitrogens with one attached hydrogen (secondary N) is 1. The highest BCUT2D eigenvalue weighted by atomic mass is 19.1. The predicted molar refractivity (Wildman–Crippen MR) is 84.0 cm³/mol. The first-order valence-electron chi connectivity index (χ1n) is 7.11. The minimum atomic E-state index is -0.292. The van der Waals surface area contributed by atoms with Crippen LogP contribution in [0.1, 0.15) is 36.5 Å². The number of benzene rings is 2. The molecule has 110 valence electrons. The fraction of sp³-hybridized carbons (Fsp3) is 0.278. The molecule has 2 aromatic rings. The van der Waals surface area contributed by atoms with Gasteiger partial charge in [0.05, 0.1) is 6.42 Å². The lowest BCUT2D eigenvalue weighted by Gasteiger charge is -2.16. The molecule has 0 heterocycles. The van der Waals surface area contributed by atoms with E-state index in [2.05, 4.69) is 19.2 Å². The van der Waals surface area contributed by atoms with E-state index < -0.39 is 0 Å². The lowest BCUT2D eigenvalue weighted by atomic mass is 9.98. The number of hydrogen-bond donors (Lipinski definition) is 1. The van der Waals surface area contributed by atoms with Crippen molar-refractivity contribution in [1.29, 1.82) is 0 Å². The van der Waals surface area contributed by atoms with Gasteiger partial charge >= 0.3 is 0 Å². The number of aryl methyl sites for hydroxylation is 1. The first-order valence-corrected chi connectivity index (χ1v) is 7.11. The summed E-state index contributed by atoms with van der Waals surface area (Å²) in [7, 11) is 0. The number of amides is 1. The van der Waals surface area contributed by atoms with Crippen LogP contribution in [-0.2, 0) is 11.2 Å². The average molecular weight is 285 g/mol. The van der Waals surface area contributed by atoms with Crippen molar-refractivity contribution in [1.82, 2.24) is 0 Å². The summed E-state index contributed by atoms with van der Waals surface area (Å²) in [6.07, 6.45) is 0.242. The number of carbonyl (C=O) groups is 1. The Morgan fingerprint density at radius 1 is 1.14 bits per heavy atom. The van der Waals surface area contributed by atoms with Crippen molar-refractivity contribution in [2.75, 3.05) is 5.32 Å². The summed E-state index contributed by atoms with van der Waals surface area (Å²) in [5.74, 6) is -0.0380. The zero-order valence-corrected chi connectivity index (χ0v) is 12.6. The Bertz CT molecular complexity index is 632. The molecule has 3 heteroatoms. The molecular weight excluding hydrogens is 265 g/mol. The van der Waals surface area contributed by atoms with Crippen LogP contribution in [0.2, 0.25) is 0 Å². The lowest BCUT2D eigenvalue weighted by Crippen LogP contribution is -2.16. The van der Waals surface area contributed by atoms with Crippen LogP contribution in [0, 0.1) is 12.7 Å². The summed E-state index contributed by atoms with van der Waals surface area (Å²) in [5, 5.41) is 2.99. The van der Waals surface area contributed by atoms with Crippen LogP contribution in [0.3, 0.4) is 0 Å². The highest BCUT2D eigenvalue weighted by Gasteiger charge is 2.12. The van der Waals surface area contributed by atoms with Gasteiger partial charge in [-0.15, -0.1) is 0 Å². The Labute approximate surface area is 125 Å². The third-order valence-corrected chi connectivity index (χ3v) is 3.47. The van der Waals surface area contributed by atoms with Crippen molar-refractivity contribution in [2.24, 2.45) is 0 Å². The van der Waals surface area contributed by atoms with Gasteiger partial charge in [0.25, 0.3) is 0 Å². The molecule has 0 saturated carbocycles. The molecule has 0 fully saturated rings. The quantitative estimate of drug-likeness (QED) is 0.884. The Morgan fingerprint density at radius 2 is 1.81 bits per heavy atom. The summed E-state index contributed by atoms with van der Waals surface area (Å²) in [4.78, 5) is 12.2. The van der Waals surface area contributed by atoms with E-state index in [9.17, 15) is 9.18 Å². The molecule has 2 aromatic carbocycles. The van der Waals surface area contributed by atoms with E-state index in [-0.39, 0.29) is 18.1 Å². The maximum atomic E-state index is 12.9. The molecule has 2 rings (SSSR count). The fourth-order valence-electron chi connectivity index (χ4n) is 2.31. The first kappa shape index (κ1) is 15.2. The molecule has 0 aliphatic rings. The van der Waals surface area contributed by atoms with E-state index in [0.29, 0.717) is 5.92 Å². The topological polar surface area (TPSA) is 29.1 Å². The van der Waals surface area contributed by atoms with Gasteiger partial charge in [0.1, 0.15) is 5.82 Å². The maximum Gasteiger partial charge on any atom is 0.228 e. The number of halogens is 1. The normalized spacial score (nSPS) is 10.7. The minimum Gasteiger partial charge on any atom is -0.325 e. The minimum absolute atomic E-state index is 0.0854. The van der Waals surface area contributed by atoms with E-state index in [1.165, 1.54) is 12.1 Å². The molecule has 0 aromatic heterocycles. The van der Waals surface area contributed by atoms with Crippen LogP contribution >= 0.6 is 0 Å². The molecule has 0 spiro atoms. The van der Waals surface area contributed by atoms with Crippen LogP contribution in [0.15, 0.2) is 42.5 Å². The van der Waals surface area contributed by atoms with Crippen LogP contribution in [0.5, 0.6) is 0 Å². The summed E-state index contributed by atoms with van der Waals surface area (Å²) in [5.41, 5.74) is 3.87. The van der Waals surface area contributed by atoms with Gasteiger partial charge in [0.2, 0.25) is 5.91 Å². The highest BCUT2D eigenvalue weighted by molar-refractivity contribution is 5.93. The third-order valence-electron chi connectivity index (χ3n) is 3.47. The molecule has 0 aliphatic heterocycles. The average Bonchev–Trinajstić information content (AvgIpc) is 2.43. The Morgan fingerprint density at radius 3 is 2.43 bits per heavy atom. The molecule has 0 atom stereocenters. The van der Waals surface area contributed by atoms with Crippen molar-refractivity contribution in [3.8, 4) is 0 Å². The monoisotopic (exact) mass is 285 g/mol. The summed E-state index contributed by atoms with van der Waals surface area (Å²) in [6, 6.07) is 12.0. The SMILES string of the molecule is Cc1cccc(C(C)C)c1NC(=O)Cc1ccc(F)cc1. The third kappa shape index (κ3) is 3.91. The maximum absolute atomic E-state index is 12.9. The van der Waals surface area contributed by atoms with Crippen molar-refractivity contribution >= 4 is 11.6 Å². The van der Waals surface area contributed by atoms with Crippen LogP contribution in [0.25, 0.3) is 0 Å². The zero-order chi connectivity index (χ0) is 15.4. The highest BCUT2D eigenvalue weighted by Crippen LogP contribution is 2.27. The molecule has 1 amide bonds. The van der Waals surface area contributed by atoms with Crippen LogP contribution in [0.4, 0.5) is 10.1 Å². The van der Waals surface area contributed by atoms with E-state index >= 15 is 0 Å². The second-order valence-electron chi connectivity index (χ2n) is 5.55. The second-order valence-corrected chi connectivity index (χ2v) is 5.55. The summed E-state index contributed by atoms with van der Waals surface area (Å²) >= 11 is 0. The Balaban J connectivity index is 2.14. The summed E-state index contributed by atoms with van der Waals surface area (Å²) < 4.78 is 12.9. The smallest absolute Gasteiger partial charge is 0.228 e. The zero-order valence-electron chi connectivity index (χ0n) is 12.6. The number of para-hydroxylation sites is 1. The molecule has 0 radical (unpaired) electrons. The number of anilines is 1. The first-order chi connectivity index (χ1) is 9.97. The van der Waals surface area contributed by atoms with Gasteiger partial charge < -0.3 is 5.32 Å². The molecule has 0 bridgehead atoms. The van der Waals surface area contributed by atoms with Gasteiger partial charge in [-0.2, -0.15) is 0 Å². The van der Waals surface area contributed by atoms with Gasteiger partial charge in [0, 0.05) is 5.69 Å².